The Morgan fingerprint density at radius 2 is 1.44 bits per heavy atom. The molecule has 0 bridgehead atoms. The average Bonchev–Trinajstić information content (AvgIpc) is 3.07. The van der Waals surface area contributed by atoms with Crippen molar-refractivity contribution in [3.63, 3.8) is 0 Å². The Labute approximate surface area is 268 Å². The predicted molar refractivity (Wildman–Crippen MR) is 177 cm³/mol. The number of amides is 3. The van der Waals surface area contributed by atoms with E-state index in [1.54, 1.807) is 11.8 Å². The van der Waals surface area contributed by atoms with Gasteiger partial charge in [-0.15, -0.1) is 11.8 Å². The normalized spacial score (nSPS) is 19.4. The lowest BCUT2D eigenvalue weighted by atomic mass is 9.84. The topological polar surface area (TPSA) is 109 Å². The molecule has 45 heavy (non-hydrogen) atoms. The fourth-order valence-electron chi connectivity index (χ4n) is 5.37. The van der Waals surface area contributed by atoms with Crippen LogP contribution >= 0.6 is 11.8 Å². The zero-order valence-electron chi connectivity index (χ0n) is 25.4. The Kier molecular flexibility index (Phi) is 11.3. The summed E-state index contributed by atoms with van der Waals surface area (Å²) in [4.78, 5) is 24.4. The SMILES string of the molecule is CCNC(=O)NCc1ccc(C2O[C@H](CSc3ccc(NC(C)=O)cc3)[C@@H](c3ccccc3)[C@H](c3ccc(CO)cc3)O2)cc1. The fraction of sp³-hybridized carbons (Fsp3) is 0.278. The number of ether oxygens (including phenoxy) is 2. The Hall–Kier alpha value is -4.15. The highest BCUT2D eigenvalue weighted by molar-refractivity contribution is 7.99. The molecule has 0 saturated carbocycles. The summed E-state index contributed by atoms with van der Waals surface area (Å²) in [7, 11) is 0. The van der Waals surface area contributed by atoms with E-state index in [1.807, 2.05) is 97.9 Å². The summed E-state index contributed by atoms with van der Waals surface area (Å²) in [5.41, 5.74) is 5.57. The number of carbonyl (C=O) groups is 2. The molecule has 1 aliphatic rings. The lowest BCUT2D eigenvalue weighted by Gasteiger charge is -2.43. The highest BCUT2D eigenvalue weighted by atomic mass is 32.2. The smallest absolute Gasteiger partial charge is 0.315 e. The number of hydrogen-bond donors (Lipinski definition) is 4. The minimum absolute atomic E-state index is 0.0268. The molecule has 4 atom stereocenters. The molecule has 234 valence electrons. The number of carbonyl (C=O) groups excluding carboxylic acids is 2. The number of hydrogen-bond acceptors (Lipinski definition) is 6. The van der Waals surface area contributed by atoms with Crippen LogP contribution in [-0.2, 0) is 27.4 Å². The van der Waals surface area contributed by atoms with Crippen LogP contribution in [0.5, 0.6) is 0 Å². The zero-order chi connectivity index (χ0) is 31.6. The molecular weight excluding hydrogens is 586 g/mol. The van der Waals surface area contributed by atoms with E-state index < -0.39 is 6.29 Å². The lowest BCUT2D eigenvalue weighted by molar-refractivity contribution is -0.255. The third kappa shape index (κ3) is 8.73. The molecule has 0 aromatic heterocycles. The summed E-state index contributed by atoms with van der Waals surface area (Å²) >= 11 is 1.70. The molecule has 1 heterocycles. The summed E-state index contributed by atoms with van der Waals surface area (Å²) in [5, 5.41) is 18.1. The summed E-state index contributed by atoms with van der Waals surface area (Å²) < 4.78 is 13.6. The number of nitrogens with one attached hydrogen (secondary N) is 3. The molecule has 1 saturated heterocycles. The summed E-state index contributed by atoms with van der Waals surface area (Å²) in [6, 6.07) is 33.7. The van der Waals surface area contributed by atoms with Gasteiger partial charge in [0.1, 0.15) is 0 Å². The van der Waals surface area contributed by atoms with Gasteiger partial charge >= 0.3 is 6.03 Å². The van der Waals surface area contributed by atoms with Gasteiger partial charge in [0.2, 0.25) is 5.91 Å². The van der Waals surface area contributed by atoms with Crippen LogP contribution < -0.4 is 16.0 Å². The van der Waals surface area contributed by atoms with Crippen molar-refractivity contribution in [3.05, 3.63) is 131 Å². The summed E-state index contributed by atoms with van der Waals surface area (Å²) in [6.07, 6.45) is -1.15. The molecule has 0 radical (unpaired) electrons. The van der Waals surface area contributed by atoms with Gasteiger partial charge in [-0.3, -0.25) is 4.79 Å². The van der Waals surface area contributed by atoms with Crippen molar-refractivity contribution < 1.29 is 24.2 Å². The van der Waals surface area contributed by atoms with Gasteiger partial charge in [0.15, 0.2) is 6.29 Å². The highest BCUT2D eigenvalue weighted by Gasteiger charge is 2.41. The summed E-state index contributed by atoms with van der Waals surface area (Å²) in [5.74, 6) is 0.458. The number of aliphatic hydroxyl groups excluding tert-OH is 1. The molecule has 3 amide bonds. The largest absolute Gasteiger partial charge is 0.392 e. The molecule has 8 nitrogen and oxygen atoms in total. The number of aliphatic hydroxyl groups is 1. The van der Waals surface area contributed by atoms with Crippen LogP contribution in [0, 0.1) is 0 Å². The van der Waals surface area contributed by atoms with Crippen molar-refractivity contribution in [2.45, 2.75) is 56.3 Å². The number of benzene rings is 4. The Morgan fingerprint density at radius 1 is 0.778 bits per heavy atom. The maximum Gasteiger partial charge on any atom is 0.315 e. The average molecular weight is 626 g/mol. The van der Waals surface area contributed by atoms with E-state index in [-0.39, 0.29) is 36.7 Å². The van der Waals surface area contributed by atoms with Crippen LogP contribution in [-0.4, -0.2) is 35.4 Å². The number of thioether (sulfide) groups is 1. The van der Waals surface area contributed by atoms with E-state index in [0.29, 0.717) is 18.8 Å². The van der Waals surface area contributed by atoms with E-state index in [1.165, 1.54) is 6.92 Å². The fourth-order valence-corrected chi connectivity index (χ4v) is 6.34. The van der Waals surface area contributed by atoms with Crippen LogP contribution in [0.3, 0.4) is 0 Å². The van der Waals surface area contributed by atoms with Gasteiger partial charge in [-0.25, -0.2) is 4.79 Å². The van der Waals surface area contributed by atoms with E-state index in [0.717, 1.165) is 38.4 Å². The maximum absolute atomic E-state index is 11.9. The van der Waals surface area contributed by atoms with Crippen LogP contribution in [0.4, 0.5) is 10.5 Å². The molecule has 4 N–H and O–H groups in total. The molecule has 1 aliphatic heterocycles. The first kappa shape index (κ1) is 32.2. The van der Waals surface area contributed by atoms with Crippen molar-refractivity contribution in [2.75, 3.05) is 17.6 Å². The molecular formula is C36H39N3O5S. The molecule has 9 heteroatoms. The first-order chi connectivity index (χ1) is 21.9. The number of rotatable bonds is 11. The Bertz CT molecular complexity index is 1530. The second-order valence-electron chi connectivity index (χ2n) is 10.9. The number of anilines is 1. The van der Waals surface area contributed by atoms with E-state index in [2.05, 4.69) is 28.1 Å². The van der Waals surface area contributed by atoms with Crippen molar-refractivity contribution in [2.24, 2.45) is 0 Å². The second-order valence-corrected chi connectivity index (χ2v) is 12.0. The van der Waals surface area contributed by atoms with Gasteiger partial charge < -0.3 is 30.5 Å². The Balaban J connectivity index is 1.43. The van der Waals surface area contributed by atoms with Crippen molar-refractivity contribution >= 4 is 29.4 Å². The van der Waals surface area contributed by atoms with Crippen LogP contribution in [0.1, 0.15) is 60.0 Å². The molecule has 0 spiro atoms. The van der Waals surface area contributed by atoms with Gasteiger partial charge in [-0.1, -0.05) is 78.9 Å². The molecule has 5 rings (SSSR count). The van der Waals surface area contributed by atoms with Crippen LogP contribution in [0.25, 0.3) is 0 Å². The third-order valence-corrected chi connectivity index (χ3v) is 8.70. The minimum Gasteiger partial charge on any atom is -0.392 e. The number of urea groups is 1. The highest BCUT2D eigenvalue weighted by Crippen LogP contribution is 2.48. The van der Waals surface area contributed by atoms with Gasteiger partial charge in [0.25, 0.3) is 0 Å². The van der Waals surface area contributed by atoms with Gasteiger partial charge in [-0.05, 0) is 53.4 Å². The van der Waals surface area contributed by atoms with Crippen molar-refractivity contribution in [1.29, 1.82) is 0 Å². The molecule has 1 fully saturated rings. The molecule has 1 unspecified atom stereocenters. The van der Waals surface area contributed by atoms with Gasteiger partial charge in [0.05, 0.1) is 18.8 Å². The first-order valence-corrected chi connectivity index (χ1v) is 16.1. The lowest BCUT2D eigenvalue weighted by Crippen LogP contribution is -2.38. The quantitative estimate of drug-likeness (QED) is 0.138. The second kappa shape index (κ2) is 15.7. The van der Waals surface area contributed by atoms with Crippen molar-refractivity contribution in [1.82, 2.24) is 10.6 Å². The minimum atomic E-state index is -0.620. The maximum atomic E-state index is 11.9. The molecule has 4 aromatic rings. The van der Waals surface area contributed by atoms with Crippen molar-refractivity contribution in [3.8, 4) is 0 Å². The van der Waals surface area contributed by atoms with Crippen LogP contribution in [0.2, 0.25) is 0 Å². The van der Waals surface area contributed by atoms with Crippen LogP contribution in [0.15, 0.2) is 108 Å². The van der Waals surface area contributed by atoms with E-state index in [9.17, 15) is 14.7 Å². The van der Waals surface area contributed by atoms with E-state index in [4.69, 9.17) is 9.47 Å². The zero-order valence-corrected chi connectivity index (χ0v) is 26.3. The molecule has 4 aromatic carbocycles. The summed E-state index contributed by atoms with van der Waals surface area (Å²) in [6.45, 7) is 4.33. The predicted octanol–water partition coefficient (Wildman–Crippen LogP) is 6.69. The Morgan fingerprint density at radius 3 is 2.09 bits per heavy atom. The monoisotopic (exact) mass is 625 g/mol. The van der Waals surface area contributed by atoms with E-state index >= 15 is 0 Å². The first-order valence-electron chi connectivity index (χ1n) is 15.1. The van der Waals surface area contributed by atoms with Gasteiger partial charge in [0, 0.05) is 47.8 Å². The van der Waals surface area contributed by atoms with Gasteiger partial charge in [-0.2, -0.15) is 0 Å². The third-order valence-electron chi connectivity index (χ3n) is 7.60. The standard InChI is InChI=1S/C36H39N3O5S/c1-3-37-36(42)38-21-25-9-15-29(16-10-25)35-43-32(23-45-31-19-17-30(18-20-31)39-24(2)41)33(27-7-5-4-6-8-27)34(44-35)28-13-11-26(22-40)12-14-28/h4-20,32-35,40H,3,21-23H2,1-2H3,(H,39,41)(H2,37,38,42)/t32-,33-,34+,35?/m1/s1. The molecule has 0 aliphatic carbocycles.